The van der Waals surface area contributed by atoms with Crippen LogP contribution in [0, 0.1) is 6.92 Å². The van der Waals surface area contributed by atoms with E-state index in [0.717, 1.165) is 36.4 Å². The minimum atomic E-state index is -0.0459. The van der Waals surface area contributed by atoms with Crippen molar-refractivity contribution in [3.8, 4) is 17.3 Å². The summed E-state index contributed by atoms with van der Waals surface area (Å²) < 4.78 is 14.1. The number of nitrogens with zero attached hydrogens (tertiary/aromatic N) is 3. The molecule has 5 rings (SSSR count). The number of carbonyl (C=O) groups excluding carboxylic acids is 1. The van der Waals surface area contributed by atoms with E-state index < -0.39 is 0 Å². The Morgan fingerprint density at radius 3 is 2.42 bits per heavy atom. The Kier molecular flexibility index (Phi) is 7.35. The second kappa shape index (κ2) is 11.0. The minimum absolute atomic E-state index is 0.0165. The molecule has 0 unspecified atom stereocenters. The number of benzene rings is 3. The maximum absolute atomic E-state index is 13.6. The third-order valence-electron chi connectivity index (χ3n) is 6.27. The summed E-state index contributed by atoms with van der Waals surface area (Å²) in [6.45, 7) is 3.52. The summed E-state index contributed by atoms with van der Waals surface area (Å²) in [6.07, 6.45) is 1.96. The molecular weight excluding hydrogens is 474 g/mol. The van der Waals surface area contributed by atoms with Gasteiger partial charge >= 0.3 is 0 Å². The summed E-state index contributed by atoms with van der Waals surface area (Å²) in [5.74, 6) is 1.21. The van der Waals surface area contributed by atoms with Crippen LogP contribution in [0.1, 0.15) is 34.5 Å². The fraction of sp³-hybridized carbons (Fsp3) is 0.241. The molecule has 0 bridgehead atoms. The van der Waals surface area contributed by atoms with Gasteiger partial charge in [-0.15, -0.1) is 0 Å². The van der Waals surface area contributed by atoms with Gasteiger partial charge < -0.3 is 14.4 Å². The molecule has 1 amide bonds. The Hall–Kier alpha value is -3.61. The molecule has 1 aromatic heterocycles. The standard InChI is InChI=1S/C29H28ClN3O3/c1-21-27(20-32(19-26-13-8-18-35-26)28(34)22-9-4-2-5-10-22)29(36-25-11-6-3-7-12-25)33(31-21)24-16-14-23(30)15-17-24/h2-7,9-12,14-17,26H,8,13,18-20H2,1H3/t26-/m1/s1. The molecule has 4 aromatic rings. The number of aromatic nitrogens is 2. The first-order valence-corrected chi connectivity index (χ1v) is 12.5. The van der Waals surface area contributed by atoms with Gasteiger partial charge in [-0.25, -0.2) is 4.68 Å². The molecule has 36 heavy (non-hydrogen) atoms. The maximum atomic E-state index is 13.6. The SMILES string of the molecule is Cc1nn(-c2ccc(Cl)cc2)c(Oc2ccccc2)c1CN(C[C@H]1CCCO1)C(=O)c1ccccc1. The molecule has 0 N–H and O–H groups in total. The van der Waals surface area contributed by atoms with Crippen LogP contribution in [0.4, 0.5) is 0 Å². The summed E-state index contributed by atoms with van der Waals surface area (Å²) in [5, 5.41) is 5.45. The molecule has 7 heteroatoms. The van der Waals surface area contributed by atoms with E-state index in [-0.39, 0.29) is 12.0 Å². The molecule has 2 heterocycles. The van der Waals surface area contributed by atoms with Crippen LogP contribution in [0.15, 0.2) is 84.9 Å². The maximum Gasteiger partial charge on any atom is 0.254 e. The fourth-order valence-electron chi connectivity index (χ4n) is 4.39. The lowest BCUT2D eigenvalue weighted by Crippen LogP contribution is -2.37. The molecule has 1 atom stereocenters. The van der Waals surface area contributed by atoms with E-state index in [2.05, 4.69) is 0 Å². The molecule has 184 valence electrons. The number of hydrogen-bond acceptors (Lipinski definition) is 4. The first-order valence-electron chi connectivity index (χ1n) is 12.1. The third kappa shape index (κ3) is 5.45. The predicted octanol–water partition coefficient (Wildman–Crippen LogP) is 6.45. The van der Waals surface area contributed by atoms with Crippen LogP contribution in [0.3, 0.4) is 0 Å². The molecular formula is C29H28ClN3O3. The van der Waals surface area contributed by atoms with Crippen molar-refractivity contribution in [1.29, 1.82) is 0 Å². The number of amides is 1. The number of ether oxygens (including phenoxy) is 2. The van der Waals surface area contributed by atoms with Gasteiger partial charge in [0.2, 0.25) is 5.88 Å². The van der Waals surface area contributed by atoms with Crippen LogP contribution < -0.4 is 4.74 Å². The van der Waals surface area contributed by atoms with Gasteiger partial charge in [0, 0.05) is 23.7 Å². The van der Waals surface area contributed by atoms with Crippen LogP contribution >= 0.6 is 11.6 Å². The van der Waals surface area contributed by atoms with Crippen molar-refractivity contribution in [3.05, 3.63) is 107 Å². The van der Waals surface area contributed by atoms with E-state index >= 15 is 0 Å². The summed E-state index contributed by atoms with van der Waals surface area (Å²) >= 11 is 6.13. The van der Waals surface area contributed by atoms with Crippen LogP contribution in [-0.4, -0.2) is 39.8 Å². The second-order valence-corrected chi connectivity index (χ2v) is 9.30. The monoisotopic (exact) mass is 501 g/mol. The van der Waals surface area contributed by atoms with Gasteiger partial charge in [-0.05, 0) is 68.3 Å². The molecule has 0 radical (unpaired) electrons. The number of halogens is 1. The first-order chi connectivity index (χ1) is 17.6. The van der Waals surface area contributed by atoms with Crippen molar-refractivity contribution in [2.45, 2.75) is 32.4 Å². The number of aryl methyl sites for hydroxylation is 1. The Balaban J connectivity index is 1.54. The van der Waals surface area contributed by atoms with Crippen LogP contribution in [0.2, 0.25) is 5.02 Å². The Labute approximate surface area is 216 Å². The molecule has 1 saturated heterocycles. The van der Waals surface area contributed by atoms with Gasteiger partial charge in [-0.3, -0.25) is 4.79 Å². The highest BCUT2D eigenvalue weighted by Crippen LogP contribution is 2.32. The molecule has 1 fully saturated rings. The molecule has 0 spiro atoms. The van der Waals surface area contributed by atoms with Gasteiger partial charge in [-0.2, -0.15) is 5.10 Å². The molecule has 3 aromatic carbocycles. The Morgan fingerprint density at radius 2 is 1.75 bits per heavy atom. The molecule has 0 saturated carbocycles. The average molecular weight is 502 g/mol. The summed E-state index contributed by atoms with van der Waals surface area (Å²) in [5.41, 5.74) is 3.09. The van der Waals surface area contributed by atoms with Crippen molar-refractivity contribution < 1.29 is 14.3 Å². The van der Waals surface area contributed by atoms with Gasteiger partial charge in [0.25, 0.3) is 5.91 Å². The first kappa shape index (κ1) is 24.1. The van der Waals surface area contributed by atoms with E-state index in [1.54, 1.807) is 4.68 Å². The van der Waals surface area contributed by atoms with E-state index in [1.807, 2.05) is 96.8 Å². The summed E-state index contributed by atoms with van der Waals surface area (Å²) in [4.78, 5) is 15.5. The molecule has 1 aliphatic rings. The lowest BCUT2D eigenvalue weighted by Gasteiger charge is -2.26. The lowest BCUT2D eigenvalue weighted by molar-refractivity contribution is 0.0505. The fourth-order valence-corrected chi connectivity index (χ4v) is 4.52. The Morgan fingerprint density at radius 1 is 1.06 bits per heavy atom. The van der Waals surface area contributed by atoms with Crippen molar-refractivity contribution in [2.75, 3.05) is 13.2 Å². The zero-order valence-corrected chi connectivity index (χ0v) is 20.9. The number of para-hydroxylation sites is 1. The van der Waals surface area contributed by atoms with Gasteiger partial charge in [-0.1, -0.05) is 48.0 Å². The van der Waals surface area contributed by atoms with Crippen molar-refractivity contribution >= 4 is 17.5 Å². The van der Waals surface area contributed by atoms with Crippen molar-refractivity contribution in [3.63, 3.8) is 0 Å². The smallest absolute Gasteiger partial charge is 0.254 e. The summed E-state index contributed by atoms with van der Waals surface area (Å²) in [7, 11) is 0. The zero-order valence-electron chi connectivity index (χ0n) is 20.1. The topological polar surface area (TPSA) is 56.6 Å². The Bertz CT molecular complexity index is 1300. The van der Waals surface area contributed by atoms with Gasteiger partial charge in [0.05, 0.1) is 29.6 Å². The highest BCUT2D eigenvalue weighted by Gasteiger charge is 2.27. The van der Waals surface area contributed by atoms with Crippen molar-refractivity contribution in [2.24, 2.45) is 0 Å². The van der Waals surface area contributed by atoms with Crippen molar-refractivity contribution in [1.82, 2.24) is 14.7 Å². The lowest BCUT2D eigenvalue weighted by atomic mass is 10.1. The predicted molar refractivity (Wildman–Crippen MR) is 140 cm³/mol. The highest BCUT2D eigenvalue weighted by atomic mass is 35.5. The van der Waals surface area contributed by atoms with Gasteiger partial charge in [0.15, 0.2) is 0 Å². The van der Waals surface area contributed by atoms with Gasteiger partial charge in [0.1, 0.15) is 5.75 Å². The quantitative estimate of drug-likeness (QED) is 0.278. The van der Waals surface area contributed by atoms with E-state index in [0.29, 0.717) is 35.3 Å². The molecule has 1 aliphatic heterocycles. The minimum Gasteiger partial charge on any atom is -0.439 e. The molecule has 0 aliphatic carbocycles. The van der Waals surface area contributed by atoms with Crippen LogP contribution in [-0.2, 0) is 11.3 Å². The third-order valence-corrected chi connectivity index (χ3v) is 6.52. The normalized spacial score (nSPS) is 15.1. The van der Waals surface area contributed by atoms with E-state index in [1.165, 1.54) is 0 Å². The number of hydrogen-bond donors (Lipinski definition) is 0. The zero-order chi connectivity index (χ0) is 24.9. The van der Waals surface area contributed by atoms with Crippen LogP contribution in [0.5, 0.6) is 11.6 Å². The van der Waals surface area contributed by atoms with Crippen LogP contribution in [0.25, 0.3) is 5.69 Å². The number of carbonyl (C=O) groups is 1. The molecule has 6 nitrogen and oxygen atoms in total. The summed E-state index contributed by atoms with van der Waals surface area (Å²) in [6, 6.07) is 26.4. The highest BCUT2D eigenvalue weighted by molar-refractivity contribution is 6.30. The largest absolute Gasteiger partial charge is 0.439 e. The second-order valence-electron chi connectivity index (χ2n) is 8.86. The number of rotatable bonds is 8. The average Bonchev–Trinajstić information content (AvgIpc) is 3.53. The van der Waals surface area contributed by atoms with E-state index in [4.69, 9.17) is 26.2 Å². The van der Waals surface area contributed by atoms with E-state index in [9.17, 15) is 4.79 Å².